The number of rotatable bonds is 3. The Morgan fingerprint density at radius 3 is 2.25 bits per heavy atom. The first-order valence-corrected chi connectivity index (χ1v) is 7.23. The SMILES string of the molecule is CN(c1ccc(C#N)cc1)S(=O)(=O)c1cnc(Cl)nc1. The van der Waals surface area contributed by atoms with Crippen LogP contribution < -0.4 is 4.31 Å². The summed E-state index contributed by atoms with van der Waals surface area (Å²) < 4.78 is 25.8. The first-order valence-electron chi connectivity index (χ1n) is 5.42. The van der Waals surface area contributed by atoms with Gasteiger partial charge in [0.2, 0.25) is 5.28 Å². The molecule has 6 nitrogen and oxygen atoms in total. The summed E-state index contributed by atoms with van der Waals surface area (Å²) >= 11 is 5.53. The van der Waals surface area contributed by atoms with E-state index in [4.69, 9.17) is 16.9 Å². The second kappa shape index (κ2) is 5.45. The summed E-state index contributed by atoms with van der Waals surface area (Å²) in [6.07, 6.45) is 2.29. The summed E-state index contributed by atoms with van der Waals surface area (Å²) in [4.78, 5) is 7.25. The van der Waals surface area contributed by atoms with Crippen molar-refractivity contribution in [3.8, 4) is 6.07 Å². The number of benzene rings is 1. The van der Waals surface area contributed by atoms with Crippen molar-refractivity contribution in [1.29, 1.82) is 5.26 Å². The van der Waals surface area contributed by atoms with E-state index in [1.54, 1.807) is 24.3 Å². The van der Waals surface area contributed by atoms with Crippen LogP contribution in [0, 0.1) is 11.3 Å². The fraction of sp³-hybridized carbons (Fsp3) is 0.0833. The van der Waals surface area contributed by atoms with E-state index in [-0.39, 0.29) is 10.2 Å². The van der Waals surface area contributed by atoms with Gasteiger partial charge in [0.15, 0.2) is 0 Å². The highest BCUT2D eigenvalue weighted by molar-refractivity contribution is 7.92. The lowest BCUT2D eigenvalue weighted by Crippen LogP contribution is -2.26. The zero-order chi connectivity index (χ0) is 14.8. The van der Waals surface area contributed by atoms with E-state index >= 15 is 0 Å². The molecule has 0 spiro atoms. The molecule has 0 saturated heterocycles. The normalized spacial score (nSPS) is 10.8. The van der Waals surface area contributed by atoms with E-state index in [2.05, 4.69) is 9.97 Å². The Labute approximate surface area is 121 Å². The number of aromatic nitrogens is 2. The molecule has 1 aromatic heterocycles. The van der Waals surface area contributed by atoms with Crippen LogP contribution in [0.4, 0.5) is 5.69 Å². The second-order valence-corrected chi connectivity index (χ2v) is 6.13. The lowest BCUT2D eigenvalue weighted by Gasteiger charge is -2.19. The highest BCUT2D eigenvalue weighted by atomic mass is 35.5. The summed E-state index contributed by atoms with van der Waals surface area (Å²) in [5, 5.41) is 8.70. The maximum absolute atomic E-state index is 12.3. The average molecular weight is 309 g/mol. The summed E-state index contributed by atoms with van der Waals surface area (Å²) in [6, 6.07) is 8.15. The van der Waals surface area contributed by atoms with Gasteiger partial charge in [-0.05, 0) is 35.9 Å². The predicted molar refractivity (Wildman–Crippen MR) is 73.8 cm³/mol. The average Bonchev–Trinajstić information content (AvgIpc) is 2.47. The van der Waals surface area contributed by atoms with Crippen LogP contribution in [0.2, 0.25) is 5.28 Å². The zero-order valence-corrected chi connectivity index (χ0v) is 11.9. The zero-order valence-electron chi connectivity index (χ0n) is 10.4. The van der Waals surface area contributed by atoms with E-state index in [1.165, 1.54) is 7.05 Å². The standard InChI is InChI=1S/C12H9ClN4O2S/c1-17(10-4-2-9(6-14)3-5-10)20(18,19)11-7-15-12(13)16-8-11/h2-5,7-8H,1H3. The lowest BCUT2D eigenvalue weighted by molar-refractivity contribution is 0.593. The minimum atomic E-state index is -3.76. The first-order chi connectivity index (χ1) is 9.45. The van der Waals surface area contributed by atoms with Gasteiger partial charge in [-0.2, -0.15) is 5.26 Å². The van der Waals surface area contributed by atoms with Gasteiger partial charge in [-0.3, -0.25) is 4.31 Å². The van der Waals surface area contributed by atoms with Crippen molar-refractivity contribution in [2.45, 2.75) is 4.90 Å². The summed E-state index contributed by atoms with van der Waals surface area (Å²) in [5.74, 6) is 0. The van der Waals surface area contributed by atoms with Crippen molar-refractivity contribution in [3.63, 3.8) is 0 Å². The smallest absolute Gasteiger partial charge is 0.267 e. The van der Waals surface area contributed by atoms with Crippen molar-refractivity contribution in [1.82, 2.24) is 9.97 Å². The molecule has 0 bridgehead atoms. The van der Waals surface area contributed by atoms with Crippen LogP contribution >= 0.6 is 11.6 Å². The Balaban J connectivity index is 2.38. The Morgan fingerprint density at radius 1 is 1.20 bits per heavy atom. The number of hydrogen-bond donors (Lipinski definition) is 0. The Kier molecular flexibility index (Phi) is 3.88. The predicted octanol–water partition coefficient (Wildman–Crippen LogP) is 1.83. The van der Waals surface area contributed by atoms with Gasteiger partial charge in [-0.1, -0.05) is 0 Å². The summed E-state index contributed by atoms with van der Waals surface area (Å²) in [5.41, 5.74) is 0.883. The molecule has 0 saturated carbocycles. The molecular weight excluding hydrogens is 300 g/mol. The maximum Gasteiger partial charge on any atom is 0.267 e. The number of nitriles is 1. The highest BCUT2D eigenvalue weighted by Crippen LogP contribution is 2.21. The summed E-state index contributed by atoms with van der Waals surface area (Å²) in [6.45, 7) is 0. The van der Waals surface area contributed by atoms with Crippen LogP contribution in [0.25, 0.3) is 0 Å². The van der Waals surface area contributed by atoms with E-state index in [9.17, 15) is 8.42 Å². The maximum atomic E-state index is 12.3. The van der Waals surface area contributed by atoms with E-state index in [1.807, 2.05) is 6.07 Å². The number of nitrogens with zero attached hydrogens (tertiary/aromatic N) is 4. The molecule has 1 aromatic carbocycles. The molecule has 0 aliphatic heterocycles. The van der Waals surface area contributed by atoms with Crippen molar-refractivity contribution in [3.05, 3.63) is 47.5 Å². The molecule has 2 aromatic rings. The molecule has 102 valence electrons. The van der Waals surface area contributed by atoms with Crippen molar-refractivity contribution in [2.75, 3.05) is 11.4 Å². The van der Waals surface area contributed by atoms with Crippen LogP contribution in [-0.4, -0.2) is 25.4 Å². The molecule has 0 aliphatic rings. The molecule has 0 unspecified atom stereocenters. The van der Waals surface area contributed by atoms with E-state index in [0.29, 0.717) is 11.3 Å². The van der Waals surface area contributed by atoms with Gasteiger partial charge >= 0.3 is 0 Å². The van der Waals surface area contributed by atoms with Crippen LogP contribution in [-0.2, 0) is 10.0 Å². The largest absolute Gasteiger partial charge is 0.269 e. The minimum absolute atomic E-state index is 0.0232. The molecule has 0 amide bonds. The Hall–Kier alpha value is -2.17. The Morgan fingerprint density at radius 2 is 1.75 bits per heavy atom. The van der Waals surface area contributed by atoms with Crippen LogP contribution in [0.5, 0.6) is 0 Å². The number of anilines is 1. The molecule has 0 aliphatic carbocycles. The molecule has 0 atom stereocenters. The Bertz CT molecular complexity index is 752. The minimum Gasteiger partial charge on any atom is -0.269 e. The topological polar surface area (TPSA) is 87.0 Å². The van der Waals surface area contributed by atoms with Gasteiger partial charge < -0.3 is 0 Å². The van der Waals surface area contributed by atoms with Gasteiger partial charge in [0.05, 0.1) is 29.7 Å². The third-order valence-electron chi connectivity index (χ3n) is 2.62. The van der Waals surface area contributed by atoms with Crippen LogP contribution in [0.15, 0.2) is 41.6 Å². The van der Waals surface area contributed by atoms with Crippen molar-refractivity contribution < 1.29 is 8.42 Å². The molecule has 8 heteroatoms. The molecule has 20 heavy (non-hydrogen) atoms. The van der Waals surface area contributed by atoms with Gasteiger partial charge in [-0.15, -0.1) is 0 Å². The van der Waals surface area contributed by atoms with Crippen molar-refractivity contribution in [2.24, 2.45) is 0 Å². The molecule has 1 heterocycles. The van der Waals surface area contributed by atoms with Gasteiger partial charge in [0.1, 0.15) is 4.90 Å². The van der Waals surface area contributed by atoms with Crippen LogP contribution in [0.1, 0.15) is 5.56 Å². The number of hydrogen-bond acceptors (Lipinski definition) is 5. The van der Waals surface area contributed by atoms with Gasteiger partial charge in [0.25, 0.3) is 10.0 Å². The monoisotopic (exact) mass is 308 g/mol. The quantitative estimate of drug-likeness (QED) is 0.807. The van der Waals surface area contributed by atoms with Gasteiger partial charge in [-0.25, -0.2) is 18.4 Å². The van der Waals surface area contributed by atoms with Crippen LogP contribution in [0.3, 0.4) is 0 Å². The third kappa shape index (κ3) is 2.71. The number of sulfonamides is 1. The molecule has 2 rings (SSSR count). The van der Waals surface area contributed by atoms with Crippen molar-refractivity contribution >= 4 is 27.3 Å². The molecular formula is C12H9ClN4O2S. The molecule has 0 fully saturated rings. The second-order valence-electron chi connectivity index (χ2n) is 3.82. The lowest BCUT2D eigenvalue weighted by atomic mass is 10.2. The highest BCUT2D eigenvalue weighted by Gasteiger charge is 2.22. The van der Waals surface area contributed by atoms with E-state index in [0.717, 1.165) is 16.7 Å². The van der Waals surface area contributed by atoms with Gasteiger partial charge in [0, 0.05) is 7.05 Å². The summed E-state index contributed by atoms with van der Waals surface area (Å²) in [7, 11) is -2.35. The first kappa shape index (κ1) is 14.2. The van der Waals surface area contributed by atoms with E-state index < -0.39 is 10.0 Å². The number of halogens is 1. The third-order valence-corrected chi connectivity index (χ3v) is 4.55. The molecule has 0 radical (unpaired) electrons. The fourth-order valence-electron chi connectivity index (χ4n) is 1.48. The fourth-order valence-corrected chi connectivity index (χ4v) is 2.66. The molecule has 0 N–H and O–H groups in total.